The Morgan fingerprint density at radius 1 is 0.595 bits per heavy atom. The molecule has 0 unspecified atom stereocenters. The summed E-state index contributed by atoms with van der Waals surface area (Å²) >= 11 is 0. The maximum Gasteiger partial charge on any atom is 0.180 e. The van der Waals surface area contributed by atoms with Gasteiger partial charge < -0.3 is 0 Å². The van der Waals surface area contributed by atoms with E-state index in [9.17, 15) is 0 Å². The summed E-state index contributed by atoms with van der Waals surface area (Å²) in [5.74, 6) is 0.788. The van der Waals surface area contributed by atoms with Gasteiger partial charge >= 0.3 is 0 Å². The molecule has 0 saturated carbocycles. The van der Waals surface area contributed by atoms with Crippen LogP contribution in [0.25, 0.3) is 71.9 Å². The van der Waals surface area contributed by atoms with Crippen molar-refractivity contribution in [1.29, 1.82) is 0 Å². The summed E-state index contributed by atoms with van der Waals surface area (Å²) in [7, 11) is 0. The first-order chi connectivity index (χ1) is 20.6. The first-order valence-corrected chi connectivity index (χ1v) is 14.4. The highest BCUT2D eigenvalue weighted by Crippen LogP contribution is 2.49. The molecule has 9 rings (SSSR count). The fourth-order valence-electron chi connectivity index (χ4n) is 6.97. The number of fused-ring (bicyclic) bond motifs is 8. The molecule has 1 aliphatic rings. The number of para-hydroxylation sites is 1. The Labute approximate surface area is 242 Å². The molecule has 3 aromatic heterocycles. The third-order valence-corrected chi connectivity index (χ3v) is 9.03. The van der Waals surface area contributed by atoms with Crippen LogP contribution in [-0.2, 0) is 5.41 Å². The summed E-state index contributed by atoms with van der Waals surface area (Å²) in [6.45, 7) is 4.63. The minimum atomic E-state index is -0.111. The molecule has 1 aliphatic carbocycles. The minimum Gasteiger partial charge on any atom is -0.292 e. The Hall–Kier alpha value is -5.35. The fraction of sp³-hybridized carbons (Fsp3) is 0.0789. The Morgan fingerprint density at radius 3 is 2.26 bits per heavy atom. The van der Waals surface area contributed by atoms with E-state index in [-0.39, 0.29) is 5.41 Å². The quantitative estimate of drug-likeness (QED) is 0.220. The van der Waals surface area contributed by atoms with E-state index in [2.05, 4.69) is 127 Å². The molecule has 3 heterocycles. The predicted octanol–water partition coefficient (Wildman–Crippen LogP) is 9.25. The van der Waals surface area contributed by atoms with Crippen LogP contribution in [0, 0.1) is 0 Å². The molecule has 0 atom stereocenters. The van der Waals surface area contributed by atoms with Crippen LogP contribution < -0.4 is 0 Å². The molecular weight excluding hydrogens is 512 g/mol. The van der Waals surface area contributed by atoms with Crippen LogP contribution in [0.3, 0.4) is 0 Å². The van der Waals surface area contributed by atoms with Crippen molar-refractivity contribution in [2.75, 3.05) is 0 Å². The van der Waals surface area contributed by atoms with E-state index in [0.29, 0.717) is 5.65 Å². The van der Waals surface area contributed by atoms with E-state index in [0.717, 1.165) is 33.6 Å². The van der Waals surface area contributed by atoms with Gasteiger partial charge in [-0.15, -0.1) is 0 Å². The monoisotopic (exact) mass is 538 g/mol. The van der Waals surface area contributed by atoms with Crippen molar-refractivity contribution in [2.24, 2.45) is 0 Å². The summed E-state index contributed by atoms with van der Waals surface area (Å²) in [5, 5.41) is 4.81. The molecule has 4 nitrogen and oxygen atoms in total. The molecule has 8 aromatic rings. The van der Waals surface area contributed by atoms with Gasteiger partial charge in [0.15, 0.2) is 11.5 Å². The van der Waals surface area contributed by atoms with E-state index < -0.39 is 0 Å². The van der Waals surface area contributed by atoms with Gasteiger partial charge in [0, 0.05) is 27.9 Å². The van der Waals surface area contributed by atoms with E-state index in [1.54, 1.807) is 6.20 Å². The Kier molecular flexibility index (Phi) is 4.64. The number of hydrogen-bond donors (Lipinski definition) is 0. The van der Waals surface area contributed by atoms with Crippen molar-refractivity contribution in [2.45, 2.75) is 19.3 Å². The molecule has 0 fully saturated rings. The second-order valence-electron chi connectivity index (χ2n) is 11.7. The van der Waals surface area contributed by atoms with Crippen molar-refractivity contribution in [1.82, 2.24) is 19.5 Å². The standard InChI is InChI=1S/C38H26N4/c1-38(2)30-14-7-5-12-26(30)27-18-17-25(21-31(27)38)35-37(41-36-32(40-35)15-9-19-39-36)42-33-16-8-6-13-28(33)29-20-23-10-3-4-11-24(23)22-34(29)42/h3-22H,1-2H3. The van der Waals surface area contributed by atoms with Gasteiger partial charge in [-0.2, -0.15) is 0 Å². The fourth-order valence-corrected chi connectivity index (χ4v) is 6.97. The van der Waals surface area contributed by atoms with Crippen LogP contribution in [0.4, 0.5) is 0 Å². The molecule has 5 aromatic carbocycles. The van der Waals surface area contributed by atoms with E-state index >= 15 is 0 Å². The lowest BCUT2D eigenvalue weighted by Gasteiger charge is -2.22. The van der Waals surface area contributed by atoms with Gasteiger partial charge in [0.2, 0.25) is 0 Å². The zero-order chi connectivity index (χ0) is 28.0. The molecular formula is C38H26N4. The maximum atomic E-state index is 5.25. The van der Waals surface area contributed by atoms with Crippen LogP contribution in [0.15, 0.2) is 121 Å². The van der Waals surface area contributed by atoms with E-state index in [1.165, 1.54) is 43.8 Å². The Morgan fingerprint density at radius 2 is 1.36 bits per heavy atom. The number of pyridine rings is 1. The van der Waals surface area contributed by atoms with Crippen LogP contribution >= 0.6 is 0 Å². The summed E-state index contributed by atoms with van der Waals surface area (Å²) in [6, 6.07) is 41.2. The average molecular weight is 539 g/mol. The van der Waals surface area contributed by atoms with Gasteiger partial charge in [-0.1, -0.05) is 92.7 Å². The highest BCUT2D eigenvalue weighted by atomic mass is 15.1. The normalized spacial score (nSPS) is 13.7. The number of aromatic nitrogens is 4. The summed E-state index contributed by atoms with van der Waals surface area (Å²) in [5.41, 5.74) is 10.7. The van der Waals surface area contributed by atoms with Crippen molar-refractivity contribution in [3.05, 3.63) is 133 Å². The lowest BCUT2D eigenvalue weighted by atomic mass is 9.82. The van der Waals surface area contributed by atoms with Crippen molar-refractivity contribution < 1.29 is 0 Å². The van der Waals surface area contributed by atoms with Gasteiger partial charge in [0.05, 0.1) is 11.0 Å². The van der Waals surface area contributed by atoms with Gasteiger partial charge in [-0.05, 0) is 69.4 Å². The van der Waals surface area contributed by atoms with Crippen molar-refractivity contribution >= 4 is 43.7 Å². The lowest BCUT2D eigenvalue weighted by Crippen LogP contribution is -2.15. The average Bonchev–Trinajstić information content (AvgIpc) is 3.47. The van der Waals surface area contributed by atoms with Crippen LogP contribution in [0.1, 0.15) is 25.0 Å². The van der Waals surface area contributed by atoms with Crippen molar-refractivity contribution in [3.63, 3.8) is 0 Å². The highest BCUT2D eigenvalue weighted by Gasteiger charge is 2.35. The Balaban J connectivity index is 1.38. The SMILES string of the molecule is CC1(C)c2ccccc2-c2ccc(-c3nc4cccnc4nc3-n3c4ccccc4c4cc5ccccc5cc43)cc21. The summed E-state index contributed by atoms with van der Waals surface area (Å²) < 4.78 is 2.28. The molecule has 0 aliphatic heterocycles. The third kappa shape index (κ3) is 3.15. The van der Waals surface area contributed by atoms with Gasteiger partial charge in [-0.3, -0.25) is 4.57 Å². The minimum absolute atomic E-state index is 0.111. The van der Waals surface area contributed by atoms with Gasteiger partial charge in [-0.25, -0.2) is 15.0 Å². The molecule has 0 amide bonds. The zero-order valence-electron chi connectivity index (χ0n) is 23.3. The number of rotatable bonds is 2. The van der Waals surface area contributed by atoms with Gasteiger partial charge in [0.25, 0.3) is 0 Å². The zero-order valence-corrected chi connectivity index (χ0v) is 23.3. The number of nitrogens with zero attached hydrogens (tertiary/aromatic N) is 4. The van der Waals surface area contributed by atoms with Crippen LogP contribution in [-0.4, -0.2) is 19.5 Å². The molecule has 0 spiro atoms. The first kappa shape index (κ1) is 23.4. The van der Waals surface area contributed by atoms with Crippen LogP contribution in [0.2, 0.25) is 0 Å². The molecule has 4 heteroatoms. The number of benzene rings is 5. The second-order valence-corrected chi connectivity index (χ2v) is 11.7. The molecule has 0 N–H and O–H groups in total. The predicted molar refractivity (Wildman–Crippen MR) is 172 cm³/mol. The smallest absolute Gasteiger partial charge is 0.180 e. The van der Waals surface area contributed by atoms with Crippen LogP contribution in [0.5, 0.6) is 0 Å². The summed E-state index contributed by atoms with van der Waals surface area (Å²) in [4.78, 5) is 15.1. The lowest BCUT2D eigenvalue weighted by molar-refractivity contribution is 0.660. The number of hydrogen-bond acceptors (Lipinski definition) is 3. The topological polar surface area (TPSA) is 43.6 Å². The molecule has 0 saturated heterocycles. The van der Waals surface area contributed by atoms with E-state index in [1.807, 2.05) is 12.1 Å². The largest absolute Gasteiger partial charge is 0.292 e. The second kappa shape index (κ2) is 8.34. The molecule has 0 radical (unpaired) electrons. The van der Waals surface area contributed by atoms with Gasteiger partial charge in [0.1, 0.15) is 11.2 Å². The Bertz CT molecular complexity index is 2400. The molecule has 198 valence electrons. The highest BCUT2D eigenvalue weighted by molar-refractivity contribution is 6.13. The molecule has 0 bridgehead atoms. The van der Waals surface area contributed by atoms with Crippen molar-refractivity contribution in [3.8, 4) is 28.2 Å². The third-order valence-electron chi connectivity index (χ3n) is 9.03. The van der Waals surface area contributed by atoms with E-state index in [4.69, 9.17) is 9.97 Å². The first-order valence-electron chi connectivity index (χ1n) is 14.4. The maximum absolute atomic E-state index is 5.25. The summed E-state index contributed by atoms with van der Waals surface area (Å²) in [6.07, 6.45) is 1.79. The molecule has 42 heavy (non-hydrogen) atoms.